The van der Waals surface area contributed by atoms with Gasteiger partial charge in [0.15, 0.2) is 0 Å². The van der Waals surface area contributed by atoms with E-state index < -0.39 is 23.2 Å². The van der Waals surface area contributed by atoms with Gasteiger partial charge in [-0.3, -0.25) is 4.79 Å². The maximum Gasteiger partial charge on any atom is 0.255 e. The number of benzene rings is 2. The first-order valence-corrected chi connectivity index (χ1v) is 5.19. The first-order chi connectivity index (χ1) is 8.58. The first kappa shape index (κ1) is 12.3. The molecule has 0 spiro atoms. The number of para-hydroxylation sites is 1. The molecule has 0 aromatic heterocycles. The van der Waals surface area contributed by atoms with E-state index in [9.17, 15) is 13.6 Å². The van der Waals surface area contributed by atoms with Gasteiger partial charge in [-0.05, 0) is 12.1 Å². The van der Waals surface area contributed by atoms with E-state index in [1.54, 1.807) is 0 Å². The minimum absolute atomic E-state index is 0.270. The molecule has 2 radical (unpaired) electrons. The van der Waals surface area contributed by atoms with Gasteiger partial charge in [-0.2, -0.15) is 0 Å². The molecule has 0 saturated carbocycles. The summed E-state index contributed by atoms with van der Waals surface area (Å²) in [5.74, 6) is -2.24. The summed E-state index contributed by atoms with van der Waals surface area (Å²) < 4.78 is 26.6. The van der Waals surface area contributed by atoms with Crippen molar-refractivity contribution in [3.63, 3.8) is 0 Å². The molecule has 88 valence electrons. The van der Waals surface area contributed by atoms with Crippen LogP contribution in [0, 0.1) is 11.6 Å². The molecule has 2 nitrogen and oxygen atoms in total. The van der Waals surface area contributed by atoms with Crippen molar-refractivity contribution in [2.45, 2.75) is 0 Å². The molecule has 5 heteroatoms. The molecule has 0 heterocycles. The standard InChI is InChI=1S/C13H8BF2NO/c14-9-6-4-8(5-7-9)13(18)17-12-10(15)2-1-3-11(12)16/h1-7H,(H,17,18). The highest BCUT2D eigenvalue weighted by atomic mass is 19.1. The van der Waals surface area contributed by atoms with Crippen molar-refractivity contribution < 1.29 is 13.6 Å². The Balaban J connectivity index is 2.24. The molecule has 0 fully saturated rings. The number of anilines is 1. The van der Waals surface area contributed by atoms with E-state index in [0.717, 1.165) is 12.1 Å². The van der Waals surface area contributed by atoms with Crippen LogP contribution in [0.4, 0.5) is 14.5 Å². The summed E-state index contributed by atoms with van der Waals surface area (Å²) in [7, 11) is 5.48. The largest absolute Gasteiger partial charge is 0.317 e. The second kappa shape index (κ2) is 5.00. The molecule has 0 aliphatic rings. The van der Waals surface area contributed by atoms with Crippen molar-refractivity contribution in [2.24, 2.45) is 0 Å². The highest BCUT2D eigenvalue weighted by Gasteiger charge is 2.12. The first-order valence-electron chi connectivity index (χ1n) is 5.19. The molecule has 0 unspecified atom stereocenters. The van der Waals surface area contributed by atoms with Crippen molar-refractivity contribution in [1.29, 1.82) is 0 Å². The van der Waals surface area contributed by atoms with Gasteiger partial charge in [-0.1, -0.05) is 35.8 Å². The summed E-state index contributed by atoms with van der Waals surface area (Å²) >= 11 is 0. The van der Waals surface area contributed by atoms with Crippen LogP contribution in [0.25, 0.3) is 0 Å². The van der Waals surface area contributed by atoms with Crippen molar-refractivity contribution in [2.75, 3.05) is 5.32 Å². The molecule has 2 rings (SSSR count). The van der Waals surface area contributed by atoms with E-state index in [0.29, 0.717) is 5.46 Å². The van der Waals surface area contributed by atoms with Gasteiger partial charge in [0.1, 0.15) is 25.2 Å². The number of hydrogen-bond donors (Lipinski definition) is 1. The molecular weight excluding hydrogens is 235 g/mol. The third-order valence-electron chi connectivity index (χ3n) is 2.37. The van der Waals surface area contributed by atoms with E-state index in [4.69, 9.17) is 7.85 Å². The van der Waals surface area contributed by atoms with Crippen LogP contribution in [-0.2, 0) is 0 Å². The van der Waals surface area contributed by atoms with E-state index in [2.05, 4.69) is 5.32 Å². The molecule has 2 aromatic rings. The molecule has 0 saturated heterocycles. The maximum atomic E-state index is 13.3. The Labute approximate surface area is 104 Å². The van der Waals surface area contributed by atoms with Crippen LogP contribution >= 0.6 is 0 Å². The minimum Gasteiger partial charge on any atom is -0.317 e. The summed E-state index contributed by atoms with van der Waals surface area (Å²) in [5, 5.41) is 2.18. The number of hydrogen-bond acceptors (Lipinski definition) is 1. The van der Waals surface area contributed by atoms with Crippen molar-refractivity contribution in [3.8, 4) is 0 Å². The van der Waals surface area contributed by atoms with Gasteiger partial charge >= 0.3 is 0 Å². The van der Waals surface area contributed by atoms with E-state index in [-0.39, 0.29) is 5.56 Å². The predicted molar refractivity (Wildman–Crippen MR) is 66.1 cm³/mol. The summed E-state index contributed by atoms with van der Waals surface area (Å²) in [6.07, 6.45) is 0. The lowest BCUT2D eigenvalue weighted by molar-refractivity contribution is 0.102. The molecule has 1 N–H and O–H groups in total. The van der Waals surface area contributed by atoms with Crippen LogP contribution in [0.1, 0.15) is 10.4 Å². The third-order valence-corrected chi connectivity index (χ3v) is 2.37. The number of carbonyl (C=O) groups excluding carboxylic acids is 1. The van der Waals surface area contributed by atoms with Gasteiger partial charge in [0, 0.05) is 5.56 Å². The highest BCUT2D eigenvalue weighted by Crippen LogP contribution is 2.18. The third kappa shape index (κ3) is 2.56. The summed E-state index contributed by atoms with van der Waals surface area (Å²) in [4.78, 5) is 11.7. The van der Waals surface area contributed by atoms with Crippen LogP contribution in [0.2, 0.25) is 0 Å². The highest BCUT2D eigenvalue weighted by molar-refractivity contribution is 6.32. The lowest BCUT2D eigenvalue weighted by Crippen LogP contribution is -2.15. The van der Waals surface area contributed by atoms with Gasteiger partial charge in [0.05, 0.1) is 0 Å². The van der Waals surface area contributed by atoms with Gasteiger partial charge in [0.25, 0.3) is 5.91 Å². The van der Waals surface area contributed by atoms with Gasteiger partial charge in [0.2, 0.25) is 0 Å². The minimum atomic E-state index is -0.821. The Bertz CT molecular complexity index is 564. The zero-order valence-electron chi connectivity index (χ0n) is 9.28. The Hall–Kier alpha value is -2.17. The summed E-state index contributed by atoms with van der Waals surface area (Å²) in [6.45, 7) is 0. The van der Waals surface area contributed by atoms with E-state index >= 15 is 0 Å². The van der Waals surface area contributed by atoms with Crippen LogP contribution in [0.5, 0.6) is 0 Å². The average molecular weight is 243 g/mol. The van der Waals surface area contributed by atoms with Crippen molar-refractivity contribution >= 4 is 24.9 Å². The summed E-state index contributed by atoms with van der Waals surface area (Å²) in [5.41, 5.74) is 0.315. The van der Waals surface area contributed by atoms with E-state index in [1.807, 2.05) is 0 Å². The average Bonchev–Trinajstić information content (AvgIpc) is 2.34. The zero-order valence-corrected chi connectivity index (χ0v) is 9.28. The number of amides is 1. The topological polar surface area (TPSA) is 29.1 Å². The van der Waals surface area contributed by atoms with Gasteiger partial charge in [-0.25, -0.2) is 8.78 Å². The van der Waals surface area contributed by atoms with Crippen LogP contribution in [-0.4, -0.2) is 13.8 Å². The number of rotatable bonds is 2. The molecule has 0 bridgehead atoms. The van der Waals surface area contributed by atoms with Crippen LogP contribution < -0.4 is 10.8 Å². The van der Waals surface area contributed by atoms with E-state index in [1.165, 1.54) is 30.3 Å². The van der Waals surface area contributed by atoms with Crippen molar-refractivity contribution in [1.82, 2.24) is 0 Å². The normalized spacial score (nSPS) is 10.1. The second-order valence-corrected chi connectivity index (χ2v) is 3.67. The van der Waals surface area contributed by atoms with Gasteiger partial charge < -0.3 is 5.32 Å². The number of nitrogens with one attached hydrogen (secondary N) is 1. The molecule has 0 aliphatic heterocycles. The predicted octanol–water partition coefficient (Wildman–Crippen LogP) is 2.01. The quantitative estimate of drug-likeness (QED) is 0.803. The Morgan fingerprint density at radius 2 is 1.56 bits per heavy atom. The Kier molecular flexibility index (Phi) is 3.41. The van der Waals surface area contributed by atoms with Crippen LogP contribution in [0.3, 0.4) is 0 Å². The fraction of sp³-hybridized carbons (Fsp3) is 0. The fourth-order valence-electron chi connectivity index (χ4n) is 1.44. The fourth-order valence-corrected chi connectivity index (χ4v) is 1.44. The molecule has 0 aliphatic carbocycles. The molecule has 2 aromatic carbocycles. The SMILES string of the molecule is [B]c1ccc(C(=O)Nc2c(F)cccc2F)cc1. The molecule has 0 atom stereocenters. The van der Waals surface area contributed by atoms with Gasteiger partial charge in [-0.15, -0.1) is 0 Å². The van der Waals surface area contributed by atoms with Crippen molar-refractivity contribution in [3.05, 3.63) is 59.7 Å². The smallest absolute Gasteiger partial charge is 0.255 e. The molecular formula is C13H8BF2NO. The lowest BCUT2D eigenvalue weighted by atomic mass is 9.95. The molecule has 1 amide bonds. The number of carbonyl (C=O) groups is 1. The maximum absolute atomic E-state index is 13.3. The monoisotopic (exact) mass is 243 g/mol. The zero-order chi connectivity index (χ0) is 13.1. The molecule has 18 heavy (non-hydrogen) atoms. The van der Waals surface area contributed by atoms with Crippen LogP contribution in [0.15, 0.2) is 42.5 Å². The summed E-state index contributed by atoms with van der Waals surface area (Å²) in [6, 6.07) is 9.39. The Morgan fingerprint density at radius 1 is 1.00 bits per heavy atom. The Morgan fingerprint density at radius 3 is 2.11 bits per heavy atom. The number of halogens is 2. The second-order valence-electron chi connectivity index (χ2n) is 3.67. The lowest BCUT2D eigenvalue weighted by Gasteiger charge is -2.07.